The van der Waals surface area contributed by atoms with E-state index < -0.39 is 0 Å². The monoisotopic (exact) mass is 386 g/mol. The fraction of sp³-hybridized carbons (Fsp3) is 0.429. The van der Waals surface area contributed by atoms with Gasteiger partial charge in [-0.2, -0.15) is 0 Å². The predicted octanol–water partition coefficient (Wildman–Crippen LogP) is 7.22. The van der Waals surface area contributed by atoms with Crippen molar-refractivity contribution in [1.82, 2.24) is 0 Å². The minimum Gasteiger partial charge on any atom is -0.392 e. The molecule has 1 heteroatoms. The van der Waals surface area contributed by atoms with Crippen LogP contribution in [-0.2, 0) is 23.9 Å². The molecule has 152 valence electrons. The molecule has 4 rings (SSSR count). The van der Waals surface area contributed by atoms with Crippen molar-refractivity contribution in [2.45, 2.75) is 78.2 Å². The summed E-state index contributed by atoms with van der Waals surface area (Å²) in [6.45, 7) is 14.2. The van der Waals surface area contributed by atoms with Crippen LogP contribution in [0.1, 0.15) is 75.3 Å². The van der Waals surface area contributed by atoms with Gasteiger partial charge in [0.05, 0.1) is 6.61 Å². The highest BCUT2D eigenvalue weighted by Crippen LogP contribution is 2.48. The molecule has 3 aromatic rings. The van der Waals surface area contributed by atoms with Gasteiger partial charge >= 0.3 is 0 Å². The van der Waals surface area contributed by atoms with E-state index in [2.05, 4.69) is 84.0 Å². The standard InChI is InChI=1S/C28H34O/c1-7-22-21(17-29)9-8-20-16-19(10-11-24(20)22)23-12-13-25-26(18(23)2)28(5,6)15-14-27(25,3)4/h8-13,16,29H,7,14-15,17H2,1-6H3. The van der Waals surface area contributed by atoms with E-state index in [4.69, 9.17) is 0 Å². The second-order valence-electron chi connectivity index (χ2n) is 10.1. The predicted molar refractivity (Wildman–Crippen MR) is 125 cm³/mol. The molecule has 0 saturated carbocycles. The van der Waals surface area contributed by atoms with Crippen LogP contribution in [0.3, 0.4) is 0 Å². The maximum atomic E-state index is 9.68. The maximum absolute atomic E-state index is 9.68. The molecule has 3 aromatic carbocycles. The number of aliphatic hydroxyl groups is 1. The van der Waals surface area contributed by atoms with E-state index in [-0.39, 0.29) is 17.4 Å². The molecule has 0 spiro atoms. The summed E-state index contributed by atoms with van der Waals surface area (Å²) in [5.74, 6) is 0. The number of aryl methyl sites for hydroxylation is 1. The molecule has 1 N–H and O–H groups in total. The Hall–Kier alpha value is -2.12. The van der Waals surface area contributed by atoms with E-state index in [9.17, 15) is 5.11 Å². The Labute approximate surface area is 175 Å². The molecule has 0 aromatic heterocycles. The first-order chi connectivity index (χ1) is 13.7. The normalized spacial score (nSPS) is 17.3. The van der Waals surface area contributed by atoms with Crippen molar-refractivity contribution >= 4 is 10.8 Å². The lowest BCUT2D eigenvalue weighted by molar-refractivity contribution is 0.281. The van der Waals surface area contributed by atoms with Gasteiger partial charge in [-0.1, -0.05) is 71.0 Å². The van der Waals surface area contributed by atoms with Crippen molar-refractivity contribution in [3.05, 3.63) is 70.3 Å². The van der Waals surface area contributed by atoms with Crippen LogP contribution >= 0.6 is 0 Å². The molecule has 1 aliphatic rings. The first-order valence-electron chi connectivity index (χ1n) is 11.0. The van der Waals surface area contributed by atoms with Gasteiger partial charge in [-0.05, 0) is 92.8 Å². The average molecular weight is 387 g/mol. The Balaban J connectivity index is 1.91. The van der Waals surface area contributed by atoms with Crippen LogP contribution in [0.25, 0.3) is 21.9 Å². The third-order valence-electron chi connectivity index (χ3n) is 7.31. The molecule has 0 unspecified atom stereocenters. The summed E-state index contributed by atoms with van der Waals surface area (Å²) in [5.41, 5.74) is 9.91. The molecule has 0 fully saturated rings. The molecule has 1 aliphatic carbocycles. The number of aliphatic hydroxyl groups excluding tert-OH is 1. The fourth-order valence-corrected chi connectivity index (χ4v) is 5.52. The van der Waals surface area contributed by atoms with Crippen molar-refractivity contribution in [1.29, 1.82) is 0 Å². The first-order valence-corrected chi connectivity index (χ1v) is 11.0. The molecule has 0 amide bonds. The van der Waals surface area contributed by atoms with Gasteiger partial charge in [0, 0.05) is 0 Å². The van der Waals surface area contributed by atoms with Gasteiger partial charge < -0.3 is 5.11 Å². The van der Waals surface area contributed by atoms with Gasteiger partial charge in [0.25, 0.3) is 0 Å². The van der Waals surface area contributed by atoms with E-state index in [1.54, 1.807) is 5.56 Å². The van der Waals surface area contributed by atoms with E-state index in [0.29, 0.717) is 0 Å². The third kappa shape index (κ3) is 3.20. The molecule has 1 nitrogen and oxygen atoms in total. The summed E-state index contributed by atoms with van der Waals surface area (Å²) in [7, 11) is 0. The smallest absolute Gasteiger partial charge is 0.0684 e. The lowest BCUT2D eigenvalue weighted by atomic mass is 9.61. The molecule has 0 atom stereocenters. The van der Waals surface area contributed by atoms with Gasteiger partial charge in [-0.25, -0.2) is 0 Å². The van der Waals surface area contributed by atoms with Crippen LogP contribution < -0.4 is 0 Å². The topological polar surface area (TPSA) is 20.2 Å². The average Bonchev–Trinajstić information content (AvgIpc) is 2.69. The second-order valence-corrected chi connectivity index (χ2v) is 10.1. The summed E-state index contributed by atoms with van der Waals surface area (Å²) < 4.78 is 0. The van der Waals surface area contributed by atoms with E-state index in [0.717, 1.165) is 12.0 Å². The summed E-state index contributed by atoms with van der Waals surface area (Å²) >= 11 is 0. The van der Waals surface area contributed by atoms with Crippen molar-refractivity contribution in [3.63, 3.8) is 0 Å². The summed E-state index contributed by atoms with van der Waals surface area (Å²) in [6.07, 6.45) is 3.42. The molecule has 0 radical (unpaired) electrons. The van der Waals surface area contributed by atoms with Crippen LogP contribution in [0.5, 0.6) is 0 Å². The molecular weight excluding hydrogens is 352 g/mol. The highest BCUT2D eigenvalue weighted by atomic mass is 16.3. The zero-order valence-corrected chi connectivity index (χ0v) is 18.8. The number of fused-ring (bicyclic) bond motifs is 2. The lowest BCUT2D eigenvalue weighted by Gasteiger charge is -2.43. The van der Waals surface area contributed by atoms with Gasteiger partial charge in [-0.15, -0.1) is 0 Å². The Morgan fingerprint density at radius 2 is 1.62 bits per heavy atom. The van der Waals surface area contributed by atoms with Crippen LogP contribution in [-0.4, -0.2) is 5.11 Å². The van der Waals surface area contributed by atoms with Gasteiger partial charge in [0.1, 0.15) is 0 Å². The molecule has 0 saturated heterocycles. The van der Waals surface area contributed by atoms with Crippen LogP contribution in [0, 0.1) is 6.92 Å². The van der Waals surface area contributed by atoms with E-state index >= 15 is 0 Å². The van der Waals surface area contributed by atoms with Crippen LogP contribution in [0.15, 0.2) is 42.5 Å². The zero-order chi connectivity index (χ0) is 21.0. The van der Waals surface area contributed by atoms with Gasteiger partial charge in [-0.3, -0.25) is 0 Å². The van der Waals surface area contributed by atoms with Crippen molar-refractivity contribution in [2.75, 3.05) is 0 Å². The maximum Gasteiger partial charge on any atom is 0.0684 e. The Morgan fingerprint density at radius 1 is 0.897 bits per heavy atom. The van der Waals surface area contributed by atoms with Crippen LogP contribution in [0.2, 0.25) is 0 Å². The SMILES string of the molecule is CCc1c(CO)ccc2cc(-c3ccc4c(c3C)C(C)(C)CCC4(C)C)ccc12. The fourth-order valence-electron chi connectivity index (χ4n) is 5.52. The van der Waals surface area contributed by atoms with E-state index in [1.807, 2.05) is 0 Å². The highest BCUT2D eigenvalue weighted by Gasteiger charge is 2.38. The van der Waals surface area contributed by atoms with Crippen molar-refractivity contribution < 1.29 is 5.11 Å². The molecule has 0 heterocycles. The Kier molecular flexibility index (Phi) is 4.86. The molecule has 0 bridgehead atoms. The number of hydrogen-bond donors (Lipinski definition) is 1. The van der Waals surface area contributed by atoms with Crippen LogP contribution in [0.4, 0.5) is 0 Å². The zero-order valence-electron chi connectivity index (χ0n) is 18.8. The summed E-state index contributed by atoms with van der Waals surface area (Å²) in [5, 5.41) is 12.2. The van der Waals surface area contributed by atoms with Gasteiger partial charge in [0.2, 0.25) is 0 Å². The molecule has 29 heavy (non-hydrogen) atoms. The highest BCUT2D eigenvalue weighted by molar-refractivity contribution is 5.91. The second kappa shape index (κ2) is 6.99. The number of rotatable bonds is 3. The quantitative estimate of drug-likeness (QED) is 0.504. The Morgan fingerprint density at radius 3 is 2.31 bits per heavy atom. The minimum atomic E-state index is 0.107. The van der Waals surface area contributed by atoms with Crippen molar-refractivity contribution in [2.24, 2.45) is 0 Å². The minimum absolute atomic E-state index is 0.107. The first kappa shape index (κ1) is 20.2. The van der Waals surface area contributed by atoms with Gasteiger partial charge in [0.15, 0.2) is 0 Å². The lowest BCUT2D eigenvalue weighted by Crippen LogP contribution is -2.34. The van der Waals surface area contributed by atoms with E-state index in [1.165, 1.54) is 51.4 Å². The third-order valence-corrected chi connectivity index (χ3v) is 7.31. The summed E-state index contributed by atoms with van der Waals surface area (Å²) in [4.78, 5) is 0. The molecule has 0 aliphatic heterocycles. The Bertz CT molecular complexity index is 1090. The summed E-state index contributed by atoms with van der Waals surface area (Å²) in [6, 6.07) is 15.8. The van der Waals surface area contributed by atoms with Crippen molar-refractivity contribution in [3.8, 4) is 11.1 Å². The number of benzene rings is 3. The largest absolute Gasteiger partial charge is 0.392 e. The number of hydrogen-bond acceptors (Lipinski definition) is 1. The molecular formula is C28H34O.